The molecule has 2 heterocycles. The highest BCUT2D eigenvalue weighted by atomic mass is 16.5. The number of hydrogen-bond acceptors (Lipinski definition) is 5. The van der Waals surface area contributed by atoms with Crippen molar-refractivity contribution < 1.29 is 14.1 Å². The minimum absolute atomic E-state index is 0.167. The summed E-state index contributed by atoms with van der Waals surface area (Å²) in [6.07, 6.45) is 0. The summed E-state index contributed by atoms with van der Waals surface area (Å²) in [5.41, 5.74) is 6.65. The van der Waals surface area contributed by atoms with E-state index in [-0.39, 0.29) is 6.03 Å². The molecule has 3 aromatic carbocycles. The quantitative estimate of drug-likeness (QED) is 0.319. The Morgan fingerprint density at radius 3 is 2.43 bits per heavy atom. The van der Waals surface area contributed by atoms with Crippen LogP contribution in [0.4, 0.5) is 4.79 Å². The molecule has 37 heavy (non-hydrogen) atoms. The molecule has 1 aliphatic rings. The maximum Gasteiger partial charge on any atom is 0.322 e. The Hall–Kier alpha value is -4.39. The molecule has 5 rings (SSSR count). The van der Waals surface area contributed by atoms with Crippen LogP contribution in [0, 0.1) is 13.8 Å². The van der Waals surface area contributed by atoms with Crippen LogP contribution in [0.1, 0.15) is 48.0 Å². The number of allylic oxidation sites excluding steroid dienone is 1. The van der Waals surface area contributed by atoms with Gasteiger partial charge in [0.15, 0.2) is 0 Å². The van der Waals surface area contributed by atoms with Crippen molar-refractivity contribution in [3.63, 3.8) is 0 Å². The number of carbonyl (C=O) groups is 1. The zero-order chi connectivity index (χ0) is 25.9. The van der Waals surface area contributed by atoms with Gasteiger partial charge in [0.1, 0.15) is 5.75 Å². The summed E-state index contributed by atoms with van der Waals surface area (Å²) >= 11 is 0. The van der Waals surface area contributed by atoms with Gasteiger partial charge in [0.05, 0.1) is 24.8 Å². The molecule has 0 spiro atoms. The Morgan fingerprint density at radius 2 is 1.73 bits per heavy atom. The monoisotopic (exact) mass is 494 g/mol. The number of carbonyl (C=O) groups excluding carboxylic acids is 1. The van der Waals surface area contributed by atoms with Crippen LogP contribution >= 0.6 is 0 Å². The number of benzene rings is 3. The average Bonchev–Trinajstić information content (AvgIpc) is 3.37. The Kier molecular flexibility index (Phi) is 6.77. The number of amides is 2. The number of nitrogens with zero attached hydrogens (tertiary/aromatic N) is 3. The zero-order valence-corrected chi connectivity index (χ0v) is 21.5. The van der Waals surface area contributed by atoms with E-state index in [1.807, 2.05) is 94.4 Å². The van der Waals surface area contributed by atoms with Crippen LogP contribution in [0.15, 0.2) is 83.0 Å². The molecule has 4 aromatic rings. The van der Waals surface area contributed by atoms with E-state index in [1.54, 1.807) is 4.90 Å². The Morgan fingerprint density at radius 1 is 0.973 bits per heavy atom. The van der Waals surface area contributed by atoms with Gasteiger partial charge < -0.3 is 14.6 Å². The van der Waals surface area contributed by atoms with Crippen molar-refractivity contribution in [3.05, 3.63) is 107 Å². The molecule has 188 valence electrons. The number of ether oxygens (including phenoxy) is 1. The van der Waals surface area contributed by atoms with Crippen molar-refractivity contribution in [1.29, 1.82) is 0 Å². The lowest BCUT2D eigenvalue weighted by Crippen LogP contribution is -2.45. The third-order valence-electron chi connectivity index (χ3n) is 6.51. The van der Waals surface area contributed by atoms with Gasteiger partial charge in [-0.15, -0.1) is 0 Å². The molecule has 7 nitrogen and oxygen atoms in total. The highest BCUT2D eigenvalue weighted by Gasteiger charge is 2.35. The van der Waals surface area contributed by atoms with Crippen LogP contribution < -0.4 is 10.1 Å². The predicted octanol–water partition coefficient (Wildman–Crippen LogP) is 6.45. The molecule has 7 heteroatoms. The van der Waals surface area contributed by atoms with Crippen molar-refractivity contribution in [3.8, 4) is 17.1 Å². The van der Waals surface area contributed by atoms with Crippen molar-refractivity contribution in [2.75, 3.05) is 6.61 Å². The summed E-state index contributed by atoms with van der Waals surface area (Å²) in [6, 6.07) is 23.3. The maximum atomic E-state index is 13.3. The van der Waals surface area contributed by atoms with Crippen molar-refractivity contribution in [1.82, 2.24) is 20.4 Å². The normalized spacial score (nSPS) is 15.6. The van der Waals surface area contributed by atoms with Crippen LogP contribution in [0.2, 0.25) is 0 Å². The second-order valence-corrected chi connectivity index (χ2v) is 9.25. The summed E-state index contributed by atoms with van der Waals surface area (Å²) < 4.78 is 11.4. The molecule has 0 bridgehead atoms. The molecule has 1 aliphatic heterocycles. The fourth-order valence-corrected chi connectivity index (χ4v) is 4.57. The standard InChI is InChI=1S/C30H30N4O3/c1-5-36-25-15-13-24(14-16-25)28-32-29(37-33-28)26-21(4)34(18-22-8-6-7-20(3)17-22)30(35)31-27(26)23-11-9-19(2)10-12-23/h6-17,27H,5,18H2,1-4H3,(H,31,35). The van der Waals surface area contributed by atoms with Crippen LogP contribution in [-0.2, 0) is 6.54 Å². The topological polar surface area (TPSA) is 80.5 Å². The minimum Gasteiger partial charge on any atom is -0.494 e. The van der Waals surface area contributed by atoms with Gasteiger partial charge in [-0.2, -0.15) is 4.98 Å². The van der Waals surface area contributed by atoms with Gasteiger partial charge in [0.2, 0.25) is 5.82 Å². The SMILES string of the molecule is CCOc1ccc(-c2noc(C3=C(C)N(Cc4cccc(C)c4)C(=O)NC3c3ccc(C)cc3)n2)cc1. The number of aromatic nitrogens is 2. The molecular weight excluding hydrogens is 464 g/mol. The first kappa shape index (κ1) is 24.3. The largest absolute Gasteiger partial charge is 0.494 e. The summed E-state index contributed by atoms with van der Waals surface area (Å²) in [5, 5.41) is 7.43. The van der Waals surface area contributed by atoms with E-state index in [9.17, 15) is 4.79 Å². The Balaban J connectivity index is 1.55. The molecule has 2 amide bonds. The van der Waals surface area contributed by atoms with E-state index >= 15 is 0 Å². The lowest BCUT2D eigenvalue weighted by molar-refractivity contribution is 0.203. The minimum atomic E-state index is -0.421. The maximum absolute atomic E-state index is 13.3. The molecule has 1 unspecified atom stereocenters. The van der Waals surface area contributed by atoms with Gasteiger partial charge in [0.25, 0.3) is 5.89 Å². The first-order chi connectivity index (χ1) is 17.9. The second kappa shape index (κ2) is 10.3. The van der Waals surface area contributed by atoms with E-state index in [2.05, 4.69) is 16.5 Å². The van der Waals surface area contributed by atoms with E-state index < -0.39 is 6.04 Å². The first-order valence-corrected chi connectivity index (χ1v) is 12.4. The molecule has 0 aliphatic carbocycles. The summed E-state index contributed by atoms with van der Waals surface area (Å²) in [5.74, 6) is 1.64. The number of aryl methyl sites for hydroxylation is 2. The Bertz CT molecular complexity index is 1440. The van der Waals surface area contributed by atoms with Crippen molar-refractivity contribution in [2.24, 2.45) is 0 Å². The predicted molar refractivity (Wildman–Crippen MR) is 143 cm³/mol. The molecule has 0 radical (unpaired) electrons. The van der Waals surface area contributed by atoms with Gasteiger partial charge in [-0.05, 0) is 63.1 Å². The van der Waals surface area contributed by atoms with E-state index in [1.165, 1.54) is 0 Å². The molecule has 1 N–H and O–H groups in total. The van der Waals surface area contributed by atoms with E-state index in [0.29, 0.717) is 24.9 Å². The second-order valence-electron chi connectivity index (χ2n) is 9.25. The van der Waals surface area contributed by atoms with Gasteiger partial charge in [-0.25, -0.2) is 4.79 Å². The number of hydrogen-bond donors (Lipinski definition) is 1. The summed E-state index contributed by atoms with van der Waals surface area (Å²) in [7, 11) is 0. The third kappa shape index (κ3) is 5.11. The van der Waals surface area contributed by atoms with Crippen molar-refractivity contribution >= 4 is 11.6 Å². The Labute approximate surface area is 216 Å². The van der Waals surface area contributed by atoms with Crippen LogP contribution in [0.5, 0.6) is 5.75 Å². The van der Waals surface area contributed by atoms with E-state index in [4.69, 9.17) is 14.2 Å². The highest BCUT2D eigenvalue weighted by molar-refractivity contribution is 5.87. The molecule has 0 saturated carbocycles. The lowest BCUT2D eigenvalue weighted by atomic mass is 9.94. The van der Waals surface area contributed by atoms with E-state index in [0.717, 1.165) is 44.8 Å². The zero-order valence-electron chi connectivity index (χ0n) is 21.5. The number of urea groups is 1. The number of nitrogens with one attached hydrogen (secondary N) is 1. The fourth-order valence-electron chi connectivity index (χ4n) is 4.57. The molecule has 1 aromatic heterocycles. The van der Waals surface area contributed by atoms with Crippen LogP contribution in [0.25, 0.3) is 17.0 Å². The summed E-state index contributed by atoms with van der Waals surface area (Å²) in [6.45, 7) is 9.00. The average molecular weight is 495 g/mol. The molecule has 1 atom stereocenters. The highest BCUT2D eigenvalue weighted by Crippen LogP contribution is 2.38. The van der Waals surface area contributed by atoms with Crippen LogP contribution in [-0.4, -0.2) is 27.7 Å². The fraction of sp³-hybridized carbons (Fsp3) is 0.233. The number of rotatable bonds is 7. The first-order valence-electron chi connectivity index (χ1n) is 12.4. The smallest absolute Gasteiger partial charge is 0.322 e. The lowest BCUT2D eigenvalue weighted by Gasteiger charge is -2.35. The van der Waals surface area contributed by atoms with Gasteiger partial charge in [0, 0.05) is 11.3 Å². The van der Waals surface area contributed by atoms with Crippen LogP contribution in [0.3, 0.4) is 0 Å². The molecule has 0 fully saturated rings. The summed E-state index contributed by atoms with van der Waals surface area (Å²) in [4.78, 5) is 19.8. The molecular formula is C30H30N4O3. The van der Waals surface area contributed by atoms with Gasteiger partial charge in [-0.3, -0.25) is 4.90 Å². The van der Waals surface area contributed by atoms with Gasteiger partial charge in [-0.1, -0.05) is 64.8 Å². The molecule has 0 saturated heterocycles. The van der Waals surface area contributed by atoms with Crippen molar-refractivity contribution in [2.45, 2.75) is 40.3 Å². The third-order valence-corrected chi connectivity index (χ3v) is 6.51. The van der Waals surface area contributed by atoms with Gasteiger partial charge >= 0.3 is 6.03 Å².